The van der Waals surface area contributed by atoms with Gasteiger partial charge in [-0.2, -0.15) is 18.2 Å². The van der Waals surface area contributed by atoms with Crippen molar-refractivity contribution in [2.45, 2.75) is 11.1 Å². The summed E-state index contributed by atoms with van der Waals surface area (Å²) in [7, 11) is -3.09. The van der Waals surface area contributed by atoms with E-state index < -0.39 is 37.6 Å². The van der Waals surface area contributed by atoms with Gasteiger partial charge in [0.1, 0.15) is 5.75 Å². The van der Waals surface area contributed by atoms with Gasteiger partial charge in [-0.3, -0.25) is 14.4 Å². The second-order valence-electron chi connectivity index (χ2n) is 6.23. The Morgan fingerprint density at radius 1 is 1.09 bits per heavy atom. The summed E-state index contributed by atoms with van der Waals surface area (Å²) in [6, 6.07) is 9.09. The fourth-order valence-electron chi connectivity index (χ4n) is 2.46. The fraction of sp³-hybridized carbons (Fsp3) is 0.105. The molecule has 0 aliphatic rings. The van der Waals surface area contributed by atoms with E-state index in [-0.39, 0.29) is 23.1 Å². The van der Waals surface area contributed by atoms with Crippen molar-refractivity contribution >= 4 is 33.2 Å². The minimum Gasteiger partial charge on any atom is -0.439 e. The predicted molar refractivity (Wildman–Crippen MR) is 110 cm³/mol. The zero-order chi connectivity index (χ0) is 24.2. The lowest BCUT2D eigenvalue weighted by atomic mass is 10.2. The number of nitrogens with one attached hydrogen (secondary N) is 2. The number of carbonyl (C=O) groups is 1. The maximum atomic E-state index is 13.0. The van der Waals surface area contributed by atoms with Gasteiger partial charge in [-0.05, 0) is 42.5 Å². The van der Waals surface area contributed by atoms with Crippen LogP contribution in [0.2, 0.25) is 5.02 Å². The summed E-state index contributed by atoms with van der Waals surface area (Å²) >= 11 is 5.53. The molecule has 9 nitrogen and oxygen atoms in total. The number of alkyl halides is 3. The highest BCUT2D eigenvalue weighted by Gasteiger charge is 2.34. The molecule has 0 radical (unpaired) electrons. The third-order valence-corrected chi connectivity index (χ3v) is 5.62. The molecule has 2 aromatic carbocycles. The standard InChI is InChI=1S/C19H14ClF3N4O5S/c1-31-26-18(28)17-24-9-8-16(25-17)32-12-4-2-11(3-5-12)27-33(29,30)13-6-7-15(20)14(10-13)19(21,22)23/h2-10,27H,1H3,(H,26,28). The van der Waals surface area contributed by atoms with Gasteiger partial charge in [-0.1, -0.05) is 11.6 Å². The van der Waals surface area contributed by atoms with Crippen LogP contribution in [0.1, 0.15) is 16.2 Å². The number of hydrogen-bond donors (Lipinski definition) is 2. The Kier molecular flexibility index (Phi) is 7.05. The quantitative estimate of drug-likeness (QED) is 0.468. The third-order valence-electron chi connectivity index (χ3n) is 3.91. The first-order chi connectivity index (χ1) is 15.5. The summed E-state index contributed by atoms with van der Waals surface area (Å²) in [4.78, 5) is 23.2. The van der Waals surface area contributed by atoms with E-state index in [4.69, 9.17) is 16.3 Å². The summed E-state index contributed by atoms with van der Waals surface area (Å²) in [5, 5.41) is -0.615. The predicted octanol–water partition coefficient (Wildman–Crippen LogP) is 4.03. The van der Waals surface area contributed by atoms with E-state index in [9.17, 15) is 26.4 Å². The van der Waals surface area contributed by atoms with Crippen molar-refractivity contribution in [1.29, 1.82) is 0 Å². The number of nitrogens with zero attached hydrogens (tertiary/aromatic N) is 2. The van der Waals surface area contributed by atoms with Crippen molar-refractivity contribution < 1.29 is 36.0 Å². The second-order valence-corrected chi connectivity index (χ2v) is 8.31. The van der Waals surface area contributed by atoms with Crippen LogP contribution in [0.5, 0.6) is 11.6 Å². The maximum Gasteiger partial charge on any atom is 0.417 e. The van der Waals surface area contributed by atoms with Crippen LogP contribution in [-0.4, -0.2) is 31.4 Å². The second kappa shape index (κ2) is 9.60. The first-order valence-electron chi connectivity index (χ1n) is 8.83. The smallest absolute Gasteiger partial charge is 0.417 e. The van der Waals surface area contributed by atoms with E-state index >= 15 is 0 Å². The van der Waals surface area contributed by atoms with Crippen LogP contribution in [0.15, 0.2) is 59.6 Å². The molecular formula is C19H14ClF3N4O5S. The molecular weight excluding hydrogens is 489 g/mol. The minimum atomic E-state index is -4.81. The van der Waals surface area contributed by atoms with Crippen molar-refractivity contribution in [2.75, 3.05) is 11.8 Å². The molecule has 0 atom stereocenters. The van der Waals surface area contributed by atoms with Gasteiger partial charge in [0, 0.05) is 18.0 Å². The normalized spacial score (nSPS) is 11.7. The molecule has 0 unspecified atom stereocenters. The van der Waals surface area contributed by atoms with Crippen LogP contribution < -0.4 is 14.9 Å². The fourth-order valence-corrected chi connectivity index (χ4v) is 3.77. The Morgan fingerprint density at radius 3 is 2.42 bits per heavy atom. The molecule has 1 heterocycles. The third kappa shape index (κ3) is 6.09. The van der Waals surface area contributed by atoms with Gasteiger partial charge < -0.3 is 4.74 Å². The highest BCUT2D eigenvalue weighted by atomic mass is 35.5. The number of benzene rings is 2. The summed E-state index contributed by atoms with van der Waals surface area (Å²) in [5.74, 6) is -0.635. The van der Waals surface area contributed by atoms with E-state index in [0.717, 1.165) is 12.1 Å². The zero-order valence-electron chi connectivity index (χ0n) is 16.6. The van der Waals surface area contributed by atoms with E-state index in [1.54, 1.807) is 0 Å². The number of hydrogen-bond acceptors (Lipinski definition) is 7. The molecule has 1 aromatic heterocycles. The van der Waals surface area contributed by atoms with Gasteiger partial charge in [0.2, 0.25) is 11.7 Å². The minimum absolute atomic E-state index is 0.0282. The Bertz CT molecular complexity index is 1270. The number of amides is 1. The van der Waals surface area contributed by atoms with Crippen LogP contribution in [0.25, 0.3) is 0 Å². The SMILES string of the molecule is CONC(=O)c1nccc(Oc2ccc(NS(=O)(=O)c3ccc(Cl)c(C(F)(F)F)c3)cc2)n1. The number of rotatable bonds is 7. The molecule has 2 N–H and O–H groups in total. The number of ether oxygens (including phenoxy) is 1. The van der Waals surface area contributed by atoms with Gasteiger partial charge in [0.15, 0.2) is 0 Å². The molecule has 0 saturated carbocycles. The molecule has 1 amide bonds. The molecule has 0 aliphatic carbocycles. The number of carbonyl (C=O) groups excluding carboxylic acids is 1. The maximum absolute atomic E-state index is 13.0. The topological polar surface area (TPSA) is 120 Å². The van der Waals surface area contributed by atoms with Gasteiger partial charge >= 0.3 is 12.1 Å². The first-order valence-corrected chi connectivity index (χ1v) is 10.7. The van der Waals surface area contributed by atoms with E-state index in [0.29, 0.717) is 6.07 Å². The average Bonchev–Trinajstić information content (AvgIpc) is 2.74. The highest BCUT2D eigenvalue weighted by molar-refractivity contribution is 7.92. The van der Waals surface area contributed by atoms with Crippen molar-refractivity contribution in [3.63, 3.8) is 0 Å². The molecule has 33 heavy (non-hydrogen) atoms. The lowest BCUT2D eigenvalue weighted by Gasteiger charge is -2.13. The Hall–Kier alpha value is -3.42. The first kappa shape index (κ1) is 24.2. The zero-order valence-corrected chi connectivity index (χ0v) is 18.1. The number of sulfonamides is 1. The van der Waals surface area contributed by atoms with Crippen LogP contribution in [0.4, 0.5) is 18.9 Å². The lowest BCUT2D eigenvalue weighted by Crippen LogP contribution is -2.24. The monoisotopic (exact) mass is 502 g/mol. The van der Waals surface area contributed by atoms with Crippen molar-refractivity contribution in [2.24, 2.45) is 0 Å². The summed E-state index contributed by atoms with van der Waals surface area (Å²) in [6.07, 6.45) is -3.52. The molecule has 174 valence electrons. The number of halogens is 4. The lowest BCUT2D eigenvalue weighted by molar-refractivity contribution is -0.137. The Balaban J connectivity index is 1.75. The van der Waals surface area contributed by atoms with Gasteiger partial charge in [0.05, 0.1) is 22.6 Å². The number of hydroxylamine groups is 1. The van der Waals surface area contributed by atoms with E-state index in [1.807, 2.05) is 0 Å². The molecule has 0 spiro atoms. The molecule has 0 saturated heterocycles. The molecule has 3 rings (SSSR count). The van der Waals surface area contributed by atoms with Gasteiger partial charge in [-0.25, -0.2) is 18.9 Å². The number of anilines is 1. The van der Waals surface area contributed by atoms with Crippen LogP contribution in [0, 0.1) is 0 Å². The molecule has 0 bridgehead atoms. The van der Waals surface area contributed by atoms with E-state index in [1.165, 1.54) is 43.6 Å². The van der Waals surface area contributed by atoms with Crippen LogP contribution in [-0.2, 0) is 21.0 Å². The van der Waals surface area contributed by atoms with Crippen LogP contribution in [0.3, 0.4) is 0 Å². The Labute approximate surface area is 190 Å². The van der Waals surface area contributed by atoms with Gasteiger partial charge in [-0.15, -0.1) is 0 Å². The average molecular weight is 503 g/mol. The number of aromatic nitrogens is 2. The summed E-state index contributed by atoms with van der Waals surface area (Å²) in [5.41, 5.74) is 0.855. The summed E-state index contributed by atoms with van der Waals surface area (Å²) in [6.45, 7) is 0. The molecule has 0 aliphatic heterocycles. The van der Waals surface area contributed by atoms with Crippen molar-refractivity contribution in [3.8, 4) is 11.6 Å². The Morgan fingerprint density at radius 2 is 1.79 bits per heavy atom. The van der Waals surface area contributed by atoms with Gasteiger partial charge in [0.25, 0.3) is 10.0 Å². The molecule has 0 fully saturated rings. The van der Waals surface area contributed by atoms with Crippen molar-refractivity contribution in [3.05, 3.63) is 71.1 Å². The highest BCUT2D eigenvalue weighted by Crippen LogP contribution is 2.36. The molecule has 14 heteroatoms. The van der Waals surface area contributed by atoms with Crippen LogP contribution >= 0.6 is 11.6 Å². The van der Waals surface area contributed by atoms with E-state index in [2.05, 4.69) is 25.0 Å². The van der Waals surface area contributed by atoms with Crippen molar-refractivity contribution in [1.82, 2.24) is 15.4 Å². The molecule has 3 aromatic rings. The summed E-state index contributed by atoms with van der Waals surface area (Å²) < 4.78 is 71.8. The largest absolute Gasteiger partial charge is 0.439 e.